The minimum atomic E-state index is -4.49. The van der Waals surface area contributed by atoms with Gasteiger partial charge >= 0.3 is 6.18 Å². The van der Waals surface area contributed by atoms with Crippen LogP contribution in [-0.2, 0) is 6.18 Å². The topological polar surface area (TPSA) is 59.3 Å². The van der Waals surface area contributed by atoms with Crippen LogP contribution in [0.1, 0.15) is 32.0 Å². The number of carbonyl (C=O) groups is 2. The number of carbonyl (C=O) groups excluding carboxylic acids is 2. The van der Waals surface area contributed by atoms with E-state index < -0.39 is 17.6 Å². The normalized spacial score (nSPS) is 11.3. The van der Waals surface area contributed by atoms with Crippen LogP contribution in [0.3, 0.4) is 0 Å². The Balaban J connectivity index is 1.59. The van der Waals surface area contributed by atoms with E-state index in [0.717, 1.165) is 12.1 Å². The molecule has 4 aromatic rings. The third-order valence-corrected chi connectivity index (χ3v) is 5.31. The zero-order valence-corrected chi connectivity index (χ0v) is 18.4. The number of furan rings is 1. The van der Waals surface area contributed by atoms with E-state index in [1.165, 1.54) is 24.3 Å². The smallest absolute Gasteiger partial charge is 0.416 e. The molecule has 0 fully saturated rings. The minimum Gasteiger partial charge on any atom is -0.451 e. The Bertz CT molecular complexity index is 1330. The number of alkyl halides is 3. The van der Waals surface area contributed by atoms with Gasteiger partial charge in [-0.15, -0.1) is 0 Å². The predicted molar refractivity (Wildman–Crippen MR) is 121 cm³/mol. The fourth-order valence-corrected chi connectivity index (χ4v) is 3.57. The summed E-state index contributed by atoms with van der Waals surface area (Å²) in [7, 11) is 0. The molecule has 0 saturated carbocycles. The zero-order valence-electron chi connectivity index (χ0n) is 16.8. The van der Waals surface area contributed by atoms with E-state index in [2.05, 4.69) is 21.2 Å². The summed E-state index contributed by atoms with van der Waals surface area (Å²) in [4.78, 5) is 25.7. The van der Waals surface area contributed by atoms with Crippen LogP contribution in [0.5, 0.6) is 0 Å². The van der Waals surface area contributed by atoms with Gasteiger partial charge in [-0.2, -0.15) is 13.2 Å². The molecule has 4 rings (SSSR count). The van der Waals surface area contributed by atoms with E-state index in [1.807, 2.05) is 0 Å². The Hall–Kier alpha value is -3.65. The van der Waals surface area contributed by atoms with Crippen LogP contribution >= 0.6 is 15.9 Å². The first-order valence-corrected chi connectivity index (χ1v) is 10.5. The minimum absolute atomic E-state index is 0.108. The maximum absolute atomic E-state index is 13.0. The van der Waals surface area contributed by atoms with Gasteiger partial charge in [-0.05, 0) is 42.5 Å². The van der Waals surface area contributed by atoms with Crippen LogP contribution in [0, 0.1) is 0 Å². The lowest BCUT2D eigenvalue weighted by molar-refractivity contribution is -0.137. The molecule has 3 aromatic carbocycles. The lowest BCUT2D eigenvalue weighted by atomic mass is 10.0. The Labute approximate surface area is 195 Å². The van der Waals surface area contributed by atoms with E-state index in [1.54, 1.807) is 48.5 Å². The molecule has 33 heavy (non-hydrogen) atoms. The van der Waals surface area contributed by atoms with Crippen molar-refractivity contribution in [2.45, 2.75) is 6.18 Å². The van der Waals surface area contributed by atoms with E-state index in [4.69, 9.17) is 4.42 Å². The van der Waals surface area contributed by atoms with Crippen LogP contribution in [-0.4, -0.2) is 11.7 Å². The summed E-state index contributed by atoms with van der Waals surface area (Å²) in [6.45, 7) is 0. The number of rotatable bonds is 5. The molecular formula is C25H15BrF3NO3. The molecule has 1 N–H and O–H groups in total. The number of ketones is 1. The number of amides is 1. The van der Waals surface area contributed by atoms with E-state index in [0.29, 0.717) is 10.0 Å². The van der Waals surface area contributed by atoms with Gasteiger partial charge in [0.2, 0.25) is 0 Å². The van der Waals surface area contributed by atoms with E-state index >= 15 is 0 Å². The van der Waals surface area contributed by atoms with Gasteiger partial charge in [-0.3, -0.25) is 9.59 Å². The Morgan fingerprint density at radius 3 is 2.33 bits per heavy atom. The highest BCUT2D eigenvalue weighted by Gasteiger charge is 2.30. The number of hydrogen-bond donors (Lipinski definition) is 1. The van der Waals surface area contributed by atoms with Gasteiger partial charge in [0, 0.05) is 21.2 Å². The Morgan fingerprint density at radius 1 is 0.848 bits per heavy atom. The molecule has 0 saturated heterocycles. The molecule has 8 heteroatoms. The molecule has 166 valence electrons. The number of anilines is 1. The molecule has 0 bridgehead atoms. The van der Waals surface area contributed by atoms with Gasteiger partial charge in [-0.1, -0.05) is 58.4 Å². The first kappa shape index (κ1) is 22.5. The van der Waals surface area contributed by atoms with Crippen LogP contribution in [0.25, 0.3) is 11.3 Å². The second-order valence-corrected chi connectivity index (χ2v) is 8.00. The van der Waals surface area contributed by atoms with E-state index in [-0.39, 0.29) is 34.1 Å². The predicted octanol–water partition coefficient (Wildman–Crippen LogP) is 7.21. The maximum Gasteiger partial charge on any atom is 0.416 e. The molecule has 0 atom stereocenters. The summed E-state index contributed by atoms with van der Waals surface area (Å²) >= 11 is 3.33. The van der Waals surface area contributed by atoms with Crippen molar-refractivity contribution in [1.29, 1.82) is 0 Å². The lowest BCUT2D eigenvalue weighted by Gasteiger charge is -2.10. The summed E-state index contributed by atoms with van der Waals surface area (Å²) < 4.78 is 45.1. The van der Waals surface area contributed by atoms with Crippen molar-refractivity contribution >= 4 is 33.3 Å². The average Bonchev–Trinajstić information content (AvgIpc) is 3.30. The average molecular weight is 514 g/mol. The van der Waals surface area contributed by atoms with Gasteiger partial charge < -0.3 is 9.73 Å². The maximum atomic E-state index is 13.0. The van der Waals surface area contributed by atoms with Crippen LogP contribution in [0.2, 0.25) is 0 Å². The molecule has 0 radical (unpaired) electrons. The number of hydrogen-bond acceptors (Lipinski definition) is 3. The third-order valence-electron chi connectivity index (χ3n) is 4.81. The van der Waals surface area contributed by atoms with Crippen molar-refractivity contribution in [2.75, 3.05) is 5.32 Å². The summed E-state index contributed by atoms with van der Waals surface area (Å²) in [5, 5.41) is 2.65. The highest BCUT2D eigenvalue weighted by Crippen LogP contribution is 2.33. The van der Waals surface area contributed by atoms with Gasteiger partial charge in [0.15, 0.2) is 11.5 Å². The Morgan fingerprint density at radius 2 is 1.61 bits per heavy atom. The lowest BCUT2D eigenvalue weighted by Crippen LogP contribution is -2.14. The number of benzene rings is 3. The summed E-state index contributed by atoms with van der Waals surface area (Å²) in [5.41, 5.74) is 0.368. The molecule has 1 heterocycles. The molecule has 1 amide bonds. The van der Waals surface area contributed by atoms with Crippen molar-refractivity contribution in [3.05, 3.63) is 112 Å². The summed E-state index contributed by atoms with van der Waals surface area (Å²) in [6, 6.07) is 20.9. The molecule has 0 aliphatic rings. The highest BCUT2D eigenvalue weighted by atomic mass is 79.9. The third kappa shape index (κ3) is 5.06. The number of nitrogens with one attached hydrogen (secondary N) is 1. The molecule has 4 nitrogen and oxygen atoms in total. The molecular weight excluding hydrogens is 499 g/mol. The molecule has 1 aromatic heterocycles. The fraction of sp³-hybridized carbons (Fsp3) is 0.0400. The molecule has 0 unspecified atom stereocenters. The van der Waals surface area contributed by atoms with E-state index in [9.17, 15) is 22.8 Å². The zero-order chi connectivity index (χ0) is 23.6. The Kier molecular flexibility index (Phi) is 6.20. The largest absolute Gasteiger partial charge is 0.451 e. The van der Waals surface area contributed by atoms with Crippen molar-refractivity contribution in [3.8, 4) is 11.3 Å². The van der Waals surface area contributed by atoms with Gasteiger partial charge in [0.1, 0.15) is 5.76 Å². The standard InChI is InChI=1S/C25H15BrF3NO3/c26-18-9-10-20(19(14-18)23(31)15-5-2-1-3-6-15)30-24(32)22-12-11-21(33-22)16-7-4-8-17(13-16)25(27,28)29/h1-14H,(H,30,32). The van der Waals surface area contributed by atoms with Crippen molar-refractivity contribution < 1.29 is 27.2 Å². The second-order valence-electron chi connectivity index (χ2n) is 7.08. The fourth-order valence-electron chi connectivity index (χ4n) is 3.21. The van der Waals surface area contributed by atoms with Crippen LogP contribution < -0.4 is 5.32 Å². The second kappa shape index (κ2) is 9.07. The highest BCUT2D eigenvalue weighted by molar-refractivity contribution is 9.10. The van der Waals surface area contributed by atoms with Crippen LogP contribution in [0.15, 0.2) is 93.8 Å². The van der Waals surface area contributed by atoms with Crippen LogP contribution in [0.4, 0.5) is 18.9 Å². The first-order chi connectivity index (χ1) is 15.7. The summed E-state index contributed by atoms with van der Waals surface area (Å²) in [5.74, 6) is -0.917. The van der Waals surface area contributed by atoms with Crippen molar-refractivity contribution in [2.24, 2.45) is 0 Å². The summed E-state index contributed by atoms with van der Waals surface area (Å²) in [6.07, 6.45) is -4.49. The van der Waals surface area contributed by atoms with Crippen molar-refractivity contribution in [3.63, 3.8) is 0 Å². The molecule has 0 aliphatic carbocycles. The molecule has 0 spiro atoms. The van der Waals surface area contributed by atoms with Gasteiger partial charge in [0.05, 0.1) is 11.3 Å². The number of halogens is 4. The SMILES string of the molecule is O=C(Nc1ccc(Br)cc1C(=O)c1ccccc1)c1ccc(-c2cccc(C(F)(F)F)c2)o1. The monoisotopic (exact) mass is 513 g/mol. The quantitative estimate of drug-likeness (QED) is 0.287. The van der Waals surface area contributed by atoms with Gasteiger partial charge in [-0.25, -0.2) is 0 Å². The van der Waals surface area contributed by atoms with Gasteiger partial charge in [0.25, 0.3) is 5.91 Å². The first-order valence-electron chi connectivity index (χ1n) is 9.70. The molecule has 0 aliphatic heterocycles. The van der Waals surface area contributed by atoms with Crippen molar-refractivity contribution in [1.82, 2.24) is 0 Å².